The average molecular weight is 544 g/mol. The van der Waals surface area contributed by atoms with Gasteiger partial charge in [-0.25, -0.2) is 9.59 Å². The second kappa shape index (κ2) is 16.9. The van der Waals surface area contributed by atoms with Gasteiger partial charge < -0.3 is 34.5 Å². The van der Waals surface area contributed by atoms with Crippen molar-refractivity contribution >= 4 is 18.1 Å². The molecule has 0 aliphatic carbocycles. The number of amides is 1. The van der Waals surface area contributed by atoms with E-state index in [1.807, 2.05) is 36.4 Å². The number of esters is 1. The van der Waals surface area contributed by atoms with Crippen LogP contribution < -0.4 is 14.8 Å². The highest BCUT2D eigenvalue weighted by Gasteiger charge is 2.23. The van der Waals surface area contributed by atoms with Crippen molar-refractivity contribution in [1.82, 2.24) is 5.32 Å². The third kappa shape index (κ3) is 9.74. The van der Waals surface area contributed by atoms with Crippen molar-refractivity contribution in [1.29, 1.82) is 0 Å². The fourth-order valence-electron chi connectivity index (χ4n) is 4.20. The van der Waals surface area contributed by atoms with E-state index in [-0.39, 0.29) is 29.6 Å². The van der Waals surface area contributed by atoms with Gasteiger partial charge in [-0.3, -0.25) is 0 Å². The van der Waals surface area contributed by atoms with E-state index in [9.17, 15) is 19.8 Å². The monoisotopic (exact) mass is 543 g/mol. The molecular weight excluding hydrogens is 502 g/mol. The number of benzene rings is 2. The molecule has 0 aliphatic rings. The molecule has 1 amide bonds. The maximum absolute atomic E-state index is 12.1. The molecule has 9 heteroatoms. The number of carbonyl (C=O) groups excluding carboxylic acids is 2. The number of ether oxygens (including phenoxy) is 4. The highest BCUT2D eigenvalue weighted by atomic mass is 16.6. The summed E-state index contributed by atoms with van der Waals surface area (Å²) < 4.78 is 20.4. The lowest BCUT2D eigenvalue weighted by molar-refractivity contribution is -0.143. The summed E-state index contributed by atoms with van der Waals surface area (Å²) in [5, 5.41) is 23.4. The summed E-state index contributed by atoms with van der Waals surface area (Å²) in [4.78, 5) is 24.2. The molecule has 214 valence electrons. The molecule has 0 radical (unpaired) electrons. The second-order valence-electron chi connectivity index (χ2n) is 9.16. The van der Waals surface area contributed by atoms with Crippen LogP contribution in [0.5, 0.6) is 23.0 Å². The van der Waals surface area contributed by atoms with Gasteiger partial charge in [0.15, 0.2) is 11.5 Å². The Hall–Kier alpha value is -3.88. The standard InChI is InChI=1S/C30H41NO8/c1-21-23(26(33)28(37-3)27(36-2)25(21)32)18-14-9-7-5-6-8-10-15-19-39-30(35)31-24(29(34)38-4)20-22-16-12-11-13-17-22/h11-14,16-18,24,32-33H,5-10,15,19-20H2,1-4H3,(H,31,35)/b18-14+. The van der Waals surface area contributed by atoms with Gasteiger partial charge in [0.1, 0.15) is 6.04 Å². The minimum atomic E-state index is -0.802. The fraction of sp³-hybridized carbons (Fsp3) is 0.467. The van der Waals surface area contributed by atoms with Crippen LogP contribution in [0.4, 0.5) is 4.79 Å². The number of phenolic OH excluding ortho intramolecular Hbond substituents is 2. The van der Waals surface area contributed by atoms with E-state index >= 15 is 0 Å². The van der Waals surface area contributed by atoms with Crippen LogP contribution in [0.3, 0.4) is 0 Å². The zero-order chi connectivity index (χ0) is 28.6. The number of rotatable bonds is 16. The Morgan fingerprint density at radius 2 is 1.51 bits per heavy atom. The molecule has 0 aliphatic heterocycles. The summed E-state index contributed by atoms with van der Waals surface area (Å²) in [5.74, 6) is -0.404. The number of hydrogen-bond acceptors (Lipinski definition) is 8. The summed E-state index contributed by atoms with van der Waals surface area (Å²) in [5.41, 5.74) is 1.94. The lowest BCUT2D eigenvalue weighted by Gasteiger charge is -2.16. The van der Waals surface area contributed by atoms with E-state index in [4.69, 9.17) is 18.9 Å². The predicted molar refractivity (Wildman–Crippen MR) is 149 cm³/mol. The summed E-state index contributed by atoms with van der Waals surface area (Å²) in [7, 11) is 4.11. The topological polar surface area (TPSA) is 124 Å². The third-order valence-electron chi connectivity index (χ3n) is 6.40. The molecule has 2 aromatic rings. The van der Waals surface area contributed by atoms with Crippen LogP contribution in [0.25, 0.3) is 6.08 Å². The molecule has 2 aromatic carbocycles. The van der Waals surface area contributed by atoms with E-state index in [0.29, 0.717) is 17.5 Å². The number of methoxy groups -OCH3 is 3. The number of phenols is 2. The van der Waals surface area contributed by atoms with Crippen molar-refractivity contribution in [2.75, 3.05) is 27.9 Å². The smallest absolute Gasteiger partial charge is 0.407 e. The predicted octanol–water partition coefficient (Wildman–Crippen LogP) is 5.68. The number of nitrogens with one attached hydrogen (secondary N) is 1. The highest BCUT2D eigenvalue weighted by Crippen LogP contribution is 2.48. The number of carbonyl (C=O) groups is 2. The van der Waals surface area contributed by atoms with Crippen LogP contribution in [-0.4, -0.2) is 56.3 Å². The molecule has 0 saturated heterocycles. The van der Waals surface area contributed by atoms with Crippen LogP contribution in [0.15, 0.2) is 36.4 Å². The maximum Gasteiger partial charge on any atom is 0.407 e. The summed E-state index contributed by atoms with van der Waals surface area (Å²) in [6.45, 7) is 2.00. The highest BCUT2D eigenvalue weighted by molar-refractivity contribution is 5.81. The van der Waals surface area contributed by atoms with Crippen molar-refractivity contribution in [3.63, 3.8) is 0 Å². The van der Waals surface area contributed by atoms with Gasteiger partial charge in [-0.05, 0) is 31.7 Å². The van der Waals surface area contributed by atoms with Crippen LogP contribution >= 0.6 is 0 Å². The minimum Gasteiger partial charge on any atom is -0.504 e. The number of aromatic hydroxyl groups is 2. The Morgan fingerprint density at radius 3 is 2.15 bits per heavy atom. The molecule has 0 spiro atoms. The number of hydrogen-bond donors (Lipinski definition) is 3. The molecular formula is C30H41NO8. The zero-order valence-corrected chi connectivity index (χ0v) is 23.3. The van der Waals surface area contributed by atoms with Crippen LogP contribution in [0.2, 0.25) is 0 Å². The largest absolute Gasteiger partial charge is 0.504 e. The second-order valence-corrected chi connectivity index (χ2v) is 9.16. The summed E-state index contributed by atoms with van der Waals surface area (Å²) in [6.07, 6.45) is 10.1. The van der Waals surface area contributed by atoms with E-state index < -0.39 is 18.1 Å². The van der Waals surface area contributed by atoms with Crippen molar-refractivity contribution in [3.8, 4) is 23.0 Å². The minimum absolute atomic E-state index is 0.0521. The van der Waals surface area contributed by atoms with Crippen molar-refractivity contribution in [3.05, 3.63) is 53.1 Å². The number of unbranched alkanes of at least 4 members (excludes halogenated alkanes) is 6. The Morgan fingerprint density at radius 1 is 0.897 bits per heavy atom. The molecule has 9 nitrogen and oxygen atoms in total. The molecule has 39 heavy (non-hydrogen) atoms. The molecule has 0 saturated carbocycles. The third-order valence-corrected chi connectivity index (χ3v) is 6.40. The van der Waals surface area contributed by atoms with E-state index in [2.05, 4.69) is 5.32 Å². The number of allylic oxidation sites excluding steroid dienone is 1. The number of alkyl carbamates (subject to hydrolysis) is 1. The van der Waals surface area contributed by atoms with Crippen molar-refractivity contribution < 1.29 is 38.7 Å². The van der Waals surface area contributed by atoms with Gasteiger partial charge in [-0.2, -0.15) is 0 Å². The SMILES string of the molecule is COC(=O)C(Cc1ccccc1)NC(=O)OCCCCCCCC/C=C/c1c(C)c(O)c(OC)c(OC)c1O. The van der Waals surface area contributed by atoms with Gasteiger partial charge in [0, 0.05) is 17.5 Å². The van der Waals surface area contributed by atoms with E-state index in [0.717, 1.165) is 50.5 Å². The van der Waals surface area contributed by atoms with E-state index in [1.165, 1.54) is 21.3 Å². The normalized spacial score (nSPS) is 11.7. The molecule has 0 fully saturated rings. The first-order chi connectivity index (χ1) is 18.8. The zero-order valence-electron chi connectivity index (χ0n) is 23.3. The van der Waals surface area contributed by atoms with E-state index in [1.54, 1.807) is 13.0 Å². The molecule has 0 aromatic heterocycles. The molecule has 3 N–H and O–H groups in total. The molecule has 1 atom stereocenters. The van der Waals surface area contributed by atoms with Crippen LogP contribution in [0, 0.1) is 6.92 Å². The summed E-state index contributed by atoms with van der Waals surface area (Å²) in [6, 6.07) is 8.60. The first kappa shape index (κ1) is 31.3. The molecule has 0 heterocycles. The quantitative estimate of drug-likeness (QED) is 0.140. The van der Waals surface area contributed by atoms with Crippen LogP contribution in [-0.2, 0) is 20.7 Å². The van der Waals surface area contributed by atoms with Crippen molar-refractivity contribution in [2.45, 2.75) is 64.3 Å². The first-order valence-electron chi connectivity index (χ1n) is 13.2. The fourth-order valence-corrected chi connectivity index (χ4v) is 4.20. The average Bonchev–Trinajstić information content (AvgIpc) is 2.94. The van der Waals surface area contributed by atoms with Gasteiger partial charge in [-0.1, -0.05) is 68.2 Å². The summed E-state index contributed by atoms with van der Waals surface area (Å²) >= 11 is 0. The lowest BCUT2D eigenvalue weighted by atomic mass is 10.0. The van der Waals surface area contributed by atoms with Gasteiger partial charge in [0.05, 0.1) is 27.9 Å². The Labute approximate surface area is 230 Å². The van der Waals surface area contributed by atoms with Gasteiger partial charge in [0.2, 0.25) is 11.5 Å². The van der Waals surface area contributed by atoms with Crippen LogP contribution in [0.1, 0.15) is 61.6 Å². The molecule has 0 bridgehead atoms. The van der Waals surface area contributed by atoms with Gasteiger partial charge in [-0.15, -0.1) is 0 Å². The van der Waals surface area contributed by atoms with Gasteiger partial charge >= 0.3 is 12.1 Å². The van der Waals surface area contributed by atoms with Crippen molar-refractivity contribution in [2.24, 2.45) is 0 Å². The Kier molecular flexibility index (Phi) is 13.5. The molecule has 1 unspecified atom stereocenters. The Bertz CT molecular complexity index is 1080. The van der Waals surface area contributed by atoms with Gasteiger partial charge in [0.25, 0.3) is 0 Å². The lowest BCUT2D eigenvalue weighted by Crippen LogP contribution is -2.43. The Balaban J connectivity index is 1.62. The molecule has 2 rings (SSSR count). The first-order valence-corrected chi connectivity index (χ1v) is 13.2. The maximum atomic E-state index is 12.1.